The van der Waals surface area contributed by atoms with Gasteiger partial charge in [0.25, 0.3) is 5.91 Å². The molecule has 9 nitrogen and oxygen atoms in total. The van der Waals surface area contributed by atoms with Crippen LogP contribution in [-0.2, 0) is 22.6 Å². The van der Waals surface area contributed by atoms with Crippen molar-refractivity contribution in [2.45, 2.75) is 50.6 Å². The molecule has 0 spiro atoms. The zero-order valence-electron chi connectivity index (χ0n) is 19.8. The largest absolute Gasteiger partial charge is 0.397 e. The summed E-state index contributed by atoms with van der Waals surface area (Å²) in [6, 6.07) is 11.1. The molecule has 36 heavy (non-hydrogen) atoms. The summed E-state index contributed by atoms with van der Waals surface area (Å²) in [6.45, 7) is 0.666. The second-order valence-electron chi connectivity index (χ2n) is 9.21. The Morgan fingerprint density at radius 2 is 1.78 bits per heavy atom. The molecule has 4 N–H and O–H groups in total. The maximum atomic E-state index is 12.9. The first-order chi connectivity index (χ1) is 17.5. The topological polar surface area (TPSA) is 130 Å². The Balaban J connectivity index is 1.15. The van der Waals surface area contributed by atoms with E-state index < -0.39 is 11.8 Å². The van der Waals surface area contributed by atoms with Gasteiger partial charge in [0.1, 0.15) is 0 Å². The van der Waals surface area contributed by atoms with Gasteiger partial charge in [-0.2, -0.15) is 0 Å². The van der Waals surface area contributed by atoms with Crippen molar-refractivity contribution in [3.63, 3.8) is 0 Å². The number of thiazole rings is 1. The molecule has 3 amide bonds. The lowest BCUT2D eigenvalue weighted by Crippen LogP contribution is -2.48. The van der Waals surface area contributed by atoms with Gasteiger partial charge in [-0.25, -0.2) is 4.98 Å². The maximum Gasteiger partial charge on any atom is 0.312 e. The number of nitrogens with one attached hydrogen (secondary N) is 2. The van der Waals surface area contributed by atoms with Crippen LogP contribution in [0.2, 0.25) is 0 Å². The molecular weight excluding hydrogens is 476 g/mol. The van der Waals surface area contributed by atoms with Crippen LogP contribution in [0.15, 0.2) is 48.8 Å². The van der Waals surface area contributed by atoms with Crippen LogP contribution in [0.1, 0.15) is 57.5 Å². The number of nitrogens with zero attached hydrogens (tertiary/aromatic N) is 3. The maximum absolute atomic E-state index is 12.9. The van der Waals surface area contributed by atoms with E-state index in [0.29, 0.717) is 35.3 Å². The monoisotopic (exact) mass is 504 g/mol. The molecule has 1 saturated carbocycles. The van der Waals surface area contributed by atoms with Crippen LogP contribution in [0.5, 0.6) is 0 Å². The van der Waals surface area contributed by atoms with Crippen LogP contribution >= 0.6 is 11.3 Å². The van der Waals surface area contributed by atoms with E-state index >= 15 is 0 Å². The number of para-hydroxylation sites is 2. The molecule has 186 valence electrons. The summed E-state index contributed by atoms with van der Waals surface area (Å²) in [7, 11) is 0. The fraction of sp³-hybridized carbons (Fsp3) is 0.346. The molecule has 5 rings (SSSR count). The Morgan fingerprint density at radius 1 is 1.03 bits per heavy atom. The van der Waals surface area contributed by atoms with Gasteiger partial charge in [0.05, 0.1) is 23.6 Å². The molecule has 1 aromatic carbocycles. The van der Waals surface area contributed by atoms with Gasteiger partial charge in [-0.3, -0.25) is 19.4 Å². The third-order valence-electron chi connectivity index (χ3n) is 6.86. The van der Waals surface area contributed by atoms with Gasteiger partial charge in [0.15, 0.2) is 5.01 Å². The molecule has 1 aliphatic carbocycles. The molecule has 1 aliphatic heterocycles. The minimum Gasteiger partial charge on any atom is -0.397 e. The number of anilines is 2. The lowest BCUT2D eigenvalue weighted by Gasteiger charge is -2.30. The van der Waals surface area contributed by atoms with Crippen molar-refractivity contribution in [3.8, 4) is 0 Å². The number of nitrogens with two attached hydrogens (primary N) is 1. The Hall–Kier alpha value is -3.79. The van der Waals surface area contributed by atoms with Crippen molar-refractivity contribution >= 4 is 40.4 Å². The highest BCUT2D eigenvalue weighted by Crippen LogP contribution is 2.32. The minimum atomic E-state index is -0.562. The van der Waals surface area contributed by atoms with Crippen molar-refractivity contribution in [1.29, 1.82) is 0 Å². The number of benzene rings is 1. The standard InChI is InChI=1S/C26H28N6O3S/c27-19-3-1-2-4-20(19)30-23(33)25-31-21-11-14-32(15-22(21)36-25)26(35)24(34)29-18-7-5-16(6-8-18)17-9-12-28-13-10-17/h1-4,9-10,12-13,16,18H,5-8,11,14-15,27H2,(H,29,34)(H,30,33). The van der Waals surface area contributed by atoms with E-state index in [9.17, 15) is 14.4 Å². The number of aromatic nitrogens is 2. The fourth-order valence-electron chi connectivity index (χ4n) is 4.85. The van der Waals surface area contributed by atoms with E-state index in [4.69, 9.17) is 5.73 Å². The molecular formula is C26H28N6O3S. The number of hydrogen-bond donors (Lipinski definition) is 3. The smallest absolute Gasteiger partial charge is 0.312 e. The van der Waals surface area contributed by atoms with Crippen molar-refractivity contribution in [1.82, 2.24) is 20.2 Å². The number of hydrogen-bond acceptors (Lipinski definition) is 7. The van der Waals surface area contributed by atoms with E-state index in [2.05, 4.69) is 20.6 Å². The van der Waals surface area contributed by atoms with E-state index in [1.54, 1.807) is 24.3 Å². The van der Waals surface area contributed by atoms with Gasteiger partial charge in [0.2, 0.25) is 0 Å². The SMILES string of the molecule is Nc1ccccc1NC(=O)c1nc2c(s1)CN(C(=O)C(=O)NC1CCC(c3ccncc3)CC1)CC2. The van der Waals surface area contributed by atoms with Crippen LogP contribution in [0.3, 0.4) is 0 Å². The second-order valence-corrected chi connectivity index (χ2v) is 10.3. The molecule has 0 bridgehead atoms. The number of fused-ring (bicyclic) bond motifs is 1. The van der Waals surface area contributed by atoms with Crippen molar-refractivity contribution in [2.75, 3.05) is 17.6 Å². The fourth-order valence-corrected chi connectivity index (χ4v) is 5.87. The third kappa shape index (κ3) is 5.23. The normalized spacial score (nSPS) is 19.3. The first-order valence-corrected chi connectivity index (χ1v) is 12.9. The molecule has 1 fully saturated rings. The first-order valence-electron chi connectivity index (χ1n) is 12.1. The Labute approximate surface area is 213 Å². The molecule has 3 aromatic rings. The lowest BCUT2D eigenvalue weighted by molar-refractivity contribution is -0.146. The summed E-state index contributed by atoms with van der Waals surface area (Å²) >= 11 is 1.24. The number of carbonyl (C=O) groups excluding carboxylic acids is 3. The first kappa shape index (κ1) is 23.9. The van der Waals surface area contributed by atoms with Gasteiger partial charge < -0.3 is 21.3 Å². The third-order valence-corrected chi connectivity index (χ3v) is 7.94. The van der Waals surface area contributed by atoms with Gasteiger partial charge in [-0.15, -0.1) is 11.3 Å². The van der Waals surface area contributed by atoms with E-state index in [-0.39, 0.29) is 18.5 Å². The number of nitrogen functional groups attached to an aromatic ring is 1. The zero-order chi connectivity index (χ0) is 25.1. The van der Waals surface area contributed by atoms with E-state index in [1.807, 2.05) is 24.5 Å². The molecule has 0 saturated heterocycles. The van der Waals surface area contributed by atoms with Gasteiger partial charge in [-0.1, -0.05) is 12.1 Å². The molecule has 10 heteroatoms. The highest BCUT2D eigenvalue weighted by molar-refractivity contribution is 7.13. The summed E-state index contributed by atoms with van der Waals surface area (Å²) in [6.07, 6.45) is 7.74. The summed E-state index contributed by atoms with van der Waals surface area (Å²) in [5.74, 6) is -0.972. The Kier molecular flexibility index (Phi) is 6.95. The zero-order valence-corrected chi connectivity index (χ0v) is 20.6. The number of carbonyl (C=O) groups is 3. The summed E-state index contributed by atoms with van der Waals surface area (Å²) < 4.78 is 0. The second kappa shape index (κ2) is 10.4. The van der Waals surface area contributed by atoms with Crippen molar-refractivity contribution in [2.24, 2.45) is 0 Å². The van der Waals surface area contributed by atoms with Gasteiger partial charge >= 0.3 is 11.8 Å². The van der Waals surface area contributed by atoms with E-state index in [1.165, 1.54) is 21.8 Å². The molecule has 0 atom stereocenters. The van der Waals surface area contributed by atoms with Crippen molar-refractivity contribution < 1.29 is 14.4 Å². The molecule has 2 aliphatic rings. The average Bonchev–Trinajstić information content (AvgIpc) is 3.34. The molecule has 0 unspecified atom stereocenters. The number of amides is 3. The minimum absolute atomic E-state index is 0.00372. The van der Waals surface area contributed by atoms with E-state index in [0.717, 1.165) is 36.3 Å². The summed E-state index contributed by atoms with van der Waals surface area (Å²) in [5, 5.41) is 6.03. The van der Waals surface area contributed by atoms with Crippen LogP contribution in [0, 0.1) is 0 Å². The van der Waals surface area contributed by atoms with Crippen LogP contribution < -0.4 is 16.4 Å². The molecule has 2 aromatic heterocycles. The van der Waals surface area contributed by atoms with Crippen LogP contribution in [-0.4, -0.2) is 45.2 Å². The molecule has 3 heterocycles. The highest BCUT2D eigenvalue weighted by Gasteiger charge is 2.31. The predicted molar refractivity (Wildman–Crippen MR) is 137 cm³/mol. The quantitative estimate of drug-likeness (QED) is 0.370. The lowest BCUT2D eigenvalue weighted by atomic mass is 9.82. The average molecular weight is 505 g/mol. The van der Waals surface area contributed by atoms with Crippen molar-refractivity contribution in [3.05, 3.63) is 69.9 Å². The van der Waals surface area contributed by atoms with Crippen LogP contribution in [0.25, 0.3) is 0 Å². The summed E-state index contributed by atoms with van der Waals surface area (Å²) in [4.78, 5) is 49.2. The molecule has 0 radical (unpaired) electrons. The van der Waals surface area contributed by atoms with Crippen LogP contribution in [0.4, 0.5) is 11.4 Å². The number of pyridine rings is 1. The Morgan fingerprint density at radius 3 is 2.53 bits per heavy atom. The Bertz CT molecular complexity index is 1270. The highest BCUT2D eigenvalue weighted by atomic mass is 32.1. The predicted octanol–water partition coefficient (Wildman–Crippen LogP) is 3.10. The summed E-state index contributed by atoms with van der Waals surface area (Å²) in [5.41, 5.74) is 8.98. The number of rotatable bonds is 4. The van der Waals surface area contributed by atoms with Gasteiger partial charge in [-0.05, 0) is 61.4 Å². The van der Waals surface area contributed by atoms with Gasteiger partial charge in [0, 0.05) is 36.3 Å².